The number of rotatable bonds is 5. The van der Waals surface area contributed by atoms with Gasteiger partial charge in [0.2, 0.25) is 5.91 Å². The minimum atomic E-state index is -0.508. The number of para-hydroxylation sites is 1. The van der Waals surface area contributed by atoms with Gasteiger partial charge in [-0.1, -0.05) is 24.3 Å². The lowest BCUT2D eigenvalue weighted by Crippen LogP contribution is -2.33. The van der Waals surface area contributed by atoms with Crippen molar-refractivity contribution >= 4 is 39.0 Å². The Bertz CT molecular complexity index is 1170. The van der Waals surface area contributed by atoms with Crippen molar-refractivity contribution in [2.45, 2.75) is 19.4 Å². The summed E-state index contributed by atoms with van der Waals surface area (Å²) in [7, 11) is 1.62. The second-order valence-corrected chi connectivity index (χ2v) is 7.55. The molecule has 3 heterocycles. The number of aromatic nitrogens is 3. The summed E-state index contributed by atoms with van der Waals surface area (Å²) in [5, 5.41) is 10.9. The first-order valence-corrected chi connectivity index (χ1v) is 9.71. The molecular weight excluding hydrogens is 360 g/mol. The third-order valence-corrected chi connectivity index (χ3v) is 5.76. The van der Waals surface area contributed by atoms with Gasteiger partial charge in [0.25, 0.3) is 5.56 Å². The molecule has 0 spiro atoms. The first kappa shape index (κ1) is 17.5. The van der Waals surface area contributed by atoms with Gasteiger partial charge >= 0.3 is 0 Å². The molecule has 27 heavy (non-hydrogen) atoms. The van der Waals surface area contributed by atoms with E-state index in [0.717, 1.165) is 22.7 Å². The molecule has 1 N–H and O–H groups in total. The van der Waals surface area contributed by atoms with Gasteiger partial charge in [-0.05, 0) is 30.9 Å². The fourth-order valence-electron chi connectivity index (χ4n) is 3.42. The van der Waals surface area contributed by atoms with Crippen LogP contribution in [0.5, 0.6) is 0 Å². The number of thiophene rings is 1. The number of carbonyl (C=O) groups excluding carboxylic acids is 1. The minimum absolute atomic E-state index is 0.104. The molecule has 1 aromatic carbocycles. The monoisotopic (exact) mass is 380 g/mol. The van der Waals surface area contributed by atoms with Crippen molar-refractivity contribution in [3.63, 3.8) is 0 Å². The molecule has 0 aliphatic heterocycles. The number of nitrogens with zero attached hydrogens (tertiary/aromatic N) is 3. The van der Waals surface area contributed by atoms with Crippen LogP contribution in [0.1, 0.15) is 17.8 Å². The highest BCUT2D eigenvalue weighted by Gasteiger charge is 2.22. The lowest BCUT2D eigenvalue weighted by Gasteiger charge is -2.16. The summed E-state index contributed by atoms with van der Waals surface area (Å²) in [4.78, 5) is 26.8. The van der Waals surface area contributed by atoms with Gasteiger partial charge in [0, 0.05) is 29.2 Å². The van der Waals surface area contributed by atoms with Crippen LogP contribution in [0.2, 0.25) is 0 Å². The highest BCUT2D eigenvalue weighted by molar-refractivity contribution is 7.09. The summed E-state index contributed by atoms with van der Waals surface area (Å²) in [6, 6.07) is 11.3. The summed E-state index contributed by atoms with van der Waals surface area (Å²) in [5.74, 6) is -0.104. The van der Waals surface area contributed by atoms with Gasteiger partial charge in [-0.15, -0.1) is 11.3 Å². The molecule has 7 heteroatoms. The Labute approximate surface area is 160 Å². The minimum Gasteiger partial charge on any atom is -0.354 e. The fourth-order valence-corrected chi connectivity index (χ4v) is 4.13. The van der Waals surface area contributed by atoms with Crippen molar-refractivity contribution in [2.75, 3.05) is 6.54 Å². The highest BCUT2D eigenvalue weighted by atomic mass is 32.1. The van der Waals surface area contributed by atoms with Crippen molar-refractivity contribution < 1.29 is 4.79 Å². The van der Waals surface area contributed by atoms with Crippen LogP contribution in [0.25, 0.3) is 21.8 Å². The molecule has 0 saturated heterocycles. The van der Waals surface area contributed by atoms with Gasteiger partial charge in [0.05, 0.1) is 11.7 Å². The van der Waals surface area contributed by atoms with E-state index in [-0.39, 0.29) is 11.5 Å². The molecule has 0 bridgehead atoms. The van der Waals surface area contributed by atoms with E-state index in [1.54, 1.807) is 24.6 Å². The number of fused-ring (bicyclic) bond motifs is 3. The number of carbonyl (C=O) groups is 1. The molecule has 6 nitrogen and oxygen atoms in total. The summed E-state index contributed by atoms with van der Waals surface area (Å²) in [6.07, 6.45) is 2.49. The normalized spacial score (nSPS) is 12.5. The molecule has 0 fully saturated rings. The van der Waals surface area contributed by atoms with Crippen LogP contribution in [0, 0.1) is 0 Å². The zero-order chi connectivity index (χ0) is 19.0. The second-order valence-electron chi connectivity index (χ2n) is 6.52. The average Bonchev–Trinajstić information content (AvgIpc) is 3.30. The van der Waals surface area contributed by atoms with E-state index < -0.39 is 6.04 Å². The topological polar surface area (TPSA) is 68.9 Å². The largest absolute Gasteiger partial charge is 0.354 e. The standard InChI is InChI=1S/C20H20N4O2S/c1-13(19(25)21-10-9-14-6-5-11-27-14)24-17-8-4-3-7-15(17)16-12-22-23(2)20(26)18(16)24/h3-8,11-13H,9-10H2,1-2H3,(H,21,25). The Morgan fingerprint density at radius 1 is 1.22 bits per heavy atom. The van der Waals surface area contributed by atoms with Crippen molar-refractivity contribution in [2.24, 2.45) is 7.05 Å². The second kappa shape index (κ2) is 7.00. The third-order valence-electron chi connectivity index (χ3n) is 4.82. The number of nitrogens with one attached hydrogen (secondary N) is 1. The number of hydrogen-bond donors (Lipinski definition) is 1. The molecule has 0 aliphatic carbocycles. The Kier molecular flexibility index (Phi) is 4.53. The zero-order valence-electron chi connectivity index (χ0n) is 15.2. The van der Waals surface area contributed by atoms with E-state index in [9.17, 15) is 9.59 Å². The van der Waals surface area contributed by atoms with Gasteiger partial charge < -0.3 is 9.88 Å². The summed E-state index contributed by atoms with van der Waals surface area (Å²) in [6.45, 7) is 2.40. The van der Waals surface area contributed by atoms with Gasteiger partial charge in [-0.25, -0.2) is 4.68 Å². The lowest BCUT2D eigenvalue weighted by molar-refractivity contribution is -0.123. The van der Waals surface area contributed by atoms with Crippen LogP contribution in [-0.4, -0.2) is 26.8 Å². The number of amides is 1. The average molecular weight is 380 g/mol. The van der Waals surface area contributed by atoms with E-state index >= 15 is 0 Å². The van der Waals surface area contributed by atoms with Gasteiger partial charge in [-0.2, -0.15) is 5.10 Å². The number of aryl methyl sites for hydroxylation is 1. The smallest absolute Gasteiger partial charge is 0.291 e. The molecule has 0 aliphatic rings. The Hall–Kier alpha value is -2.93. The van der Waals surface area contributed by atoms with Crippen LogP contribution < -0.4 is 10.9 Å². The molecule has 1 unspecified atom stereocenters. The van der Waals surface area contributed by atoms with Gasteiger partial charge in [0.15, 0.2) is 0 Å². The molecule has 1 amide bonds. The lowest BCUT2D eigenvalue weighted by atomic mass is 10.2. The number of hydrogen-bond acceptors (Lipinski definition) is 4. The van der Waals surface area contributed by atoms with E-state index in [0.29, 0.717) is 12.1 Å². The zero-order valence-corrected chi connectivity index (χ0v) is 16.0. The fraction of sp³-hybridized carbons (Fsp3) is 0.250. The van der Waals surface area contributed by atoms with E-state index in [1.807, 2.05) is 47.2 Å². The maximum atomic E-state index is 12.8. The van der Waals surface area contributed by atoms with Crippen LogP contribution in [0.15, 0.2) is 52.8 Å². The van der Waals surface area contributed by atoms with Crippen LogP contribution >= 0.6 is 11.3 Å². The van der Waals surface area contributed by atoms with Gasteiger partial charge in [-0.3, -0.25) is 9.59 Å². The third kappa shape index (κ3) is 3.04. The highest BCUT2D eigenvalue weighted by Crippen LogP contribution is 2.29. The van der Waals surface area contributed by atoms with Gasteiger partial charge in [0.1, 0.15) is 11.6 Å². The Morgan fingerprint density at radius 2 is 2.04 bits per heavy atom. The van der Waals surface area contributed by atoms with Crippen LogP contribution in [-0.2, 0) is 18.3 Å². The molecule has 4 aromatic rings. The number of benzene rings is 1. The first-order valence-electron chi connectivity index (χ1n) is 8.83. The Balaban J connectivity index is 1.71. The van der Waals surface area contributed by atoms with Crippen molar-refractivity contribution in [3.8, 4) is 0 Å². The van der Waals surface area contributed by atoms with Crippen LogP contribution in [0.4, 0.5) is 0 Å². The molecule has 1 atom stereocenters. The van der Waals surface area contributed by atoms with Crippen molar-refractivity contribution in [1.82, 2.24) is 19.7 Å². The van der Waals surface area contributed by atoms with E-state index in [1.165, 1.54) is 9.56 Å². The molecule has 0 radical (unpaired) electrons. The first-order chi connectivity index (χ1) is 13.1. The molecule has 138 valence electrons. The summed E-state index contributed by atoms with van der Waals surface area (Å²) >= 11 is 1.68. The Morgan fingerprint density at radius 3 is 2.81 bits per heavy atom. The maximum absolute atomic E-state index is 12.8. The predicted molar refractivity (Wildman–Crippen MR) is 108 cm³/mol. The molecular formula is C20H20N4O2S. The van der Waals surface area contributed by atoms with E-state index in [4.69, 9.17) is 0 Å². The summed E-state index contributed by atoms with van der Waals surface area (Å²) in [5.41, 5.74) is 1.16. The van der Waals surface area contributed by atoms with Crippen molar-refractivity contribution in [1.29, 1.82) is 0 Å². The quantitative estimate of drug-likeness (QED) is 0.579. The van der Waals surface area contributed by atoms with Crippen LogP contribution in [0.3, 0.4) is 0 Å². The molecule has 3 aromatic heterocycles. The van der Waals surface area contributed by atoms with E-state index in [2.05, 4.69) is 16.5 Å². The molecule has 0 saturated carbocycles. The predicted octanol–water partition coefficient (Wildman–Crippen LogP) is 2.87. The maximum Gasteiger partial charge on any atom is 0.291 e. The SMILES string of the molecule is CC(C(=O)NCCc1cccs1)n1c2ccccc2c2cnn(C)c(=O)c21. The summed E-state index contributed by atoms with van der Waals surface area (Å²) < 4.78 is 3.13. The van der Waals surface area contributed by atoms with Crippen molar-refractivity contribution in [3.05, 3.63) is 63.2 Å². The molecule has 4 rings (SSSR count).